The van der Waals surface area contributed by atoms with Gasteiger partial charge in [0.2, 0.25) is 10.0 Å². The van der Waals surface area contributed by atoms with Crippen LogP contribution in [0.25, 0.3) is 0 Å². The summed E-state index contributed by atoms with van der Waals surface area (Å²) < 4.78 is 25.0. The number of nitrogens with zero attached hydrogens (tertiary/aromatic N) is 2. The molecule has 27 heavy (non-hydrogen) atoms. The van der Waals surface area contributed by atoms with E-state index in [4.69, 9.17) is 0 Å². The van der Waals surface area contributed by atoms with Crippen LogP contribution in [0.5, 0.6) is 0 Å². The summed E-state index contributed by atoms with van der Waals surface area (Å²) in [6.07, 6.45) is 5.32. The maximum absolute atomic E-state index is 11.8. The minimum Gasteiger partial charge on any atom is -0.396 e. The Morgan fingerprint density at radius 1 is 1.19 bits per heavy atom. The molecule has 1 aromatic carbocycles. The Balaban J connectivity index is 1.27. The molecule has 2 saturated heterocycles. The molecule has 0 radical (unpaired) electrons. The minimum absolute atomic E-state index is 0.108. The predicted molar refractivity (Wildman–Crippen MR) is 106 cm³/mol. The Kier molecular flexibility index (Phi) is 5.33. The molecule has 7 heteroatoms. The summed E-state index contributed by atoms with van der Waals surface area (Å²) in [7, 11) is -3.13. The van der Waals surface area contributed by atoms with Gasteiger partial charge in [0.1, 0.15) is 0 Å². The lowest BCUT2D eigenvalue weighted by molar-refractivity contribution is -0.0428. The fourth-order valence-corrected chi connectivity index (χ4v) is 5.79. The van der Waals surface area contributed by atoms with E-state index in [-0.39, 0.29) is 12.1 Å². The highest BCUT2D eigenvalue weighted by molar-refractivity contribution is 7.88. The maximum Gasteiger partial charge on any atom is 0.211 e. The Hall–Kier alpha value is -0.990. The van der Waals surface area contributed by atoms with E-state index in [9.17, 15) is 13.5 Å². The Bertz CT molecular complexity index is 741. The molecule has 4 rings (SSSR count). The van der Waals surface area contributed by atoms with E-state index in [0.717, 1.165) is 25.9 Å². The lowest BCUT2D eigenvalue weighted by Gasteiger charge is -2.56. The van der Waals surface area contributed by atoms with Crippen LogP contribution in [0.4, 0.5) is 0 Å². The van der Waals surface area contributed by atoms with Crippen LogP contribution < -0.4 is 5.32 Å². The number of benzene rings is 1. The molecule has 1 saturated carbocycles. The fourth-order valence-electron chi connectivity index (χ4n) is 4.84. The van der Waals surface area contributed by atoms with Crippen molar-refractivity contribution in [1.29, 1.82) is 0 Å². The van der Waals surface area contributed by atoms with Gasteiger partial charge in [-0.05, 0) is 31.2 Å². The molecule has 0 bridgehead atoms. The quantitative estimate of drug-likeness (QED) is 0.723. The molecule has 1 aromatic rings. The fraction of sp³-hybridized carbons (Fsp3) is 0.700. The molecule has 2 aliphatic heterocycles. The van der Waals surface area contributed by atoms with Crippen molar-refractivity contribution in [3.05, 3.63) is 35.9 Å². The molecule has 3 fully saturated rings. The predicted octanol–water partition coefficient (Wildman–Crippen LogP) is 0.993. The number of nitrogens with one attached hydrogen (secondary N) is 1. The first kappa shape index (κ1) is 19.3. The molecule has 0 amide bonds. The Morgan fingerprint density at radius 3 is 2.44 bits per heavy atom. The van der Waals surface area contributed by atoms with Crippen LogP contribution in [0.15, 0.2) is 30.3 Å². The molecule has 1 aliphatic carbocycles. The molecular weight excluding hydrogens is 362 g/mol. The zero-order valence-electron chi connectivity index (χ0n) is 16.0. The number of piperidine rings is 1. The summed E-state index contributed by atoms with van der Waals surface area (Å²) in [4.78, 5) is 2.42. The van der Waals surface area contributed by atoms with E-state index in [1.165, 1.54) is 22.5 Å². The van der Waals surface area contributed by atoms with Crippen LogP contribution in [-0.2, 0) is 10.0 Å². The molecule has 0 spiro atoms. The first-order valence-electron chi connectivity index (χ1n) is 10.0. The number of hydrogen-bond donors (Lipinski definition) is 2. The normalized spacial score (nSPS) is 29.4. The SMILES string of the molecule is CS(=O)(=O)N1CC(CCO)(N2CCC(N[C@@H]3C[C@@H]3c3ccccc3)CC2)C1. The van der Waals surface area contributed by atoms with E-state index in [1.807, 2.05) is 0 Å². The van der Waals surface area contributed by atoms with Crippen molar-refractivity contribution in [3.8, 4) is 0 Å². The first-order valence-corrected chi connectivity index (χ1v) is 11.9. The number of aliphatic hydroxyl groups is 1. The Labute approximate surface area is 162 Å². The van der Waals surface area contributed by atoms with Crippen molar-refractivity contribution in [1.82, 2.24) is 14.5 Å². The van der Waals surface area contributed by atoms with Crippen molar-refractivity contribution in [2.24, 2.45) is 0 Å². The highest BCUT2D eigenvalue weighted by Crippen LogP contribution is 2.42. The molecule has 6 nitrogen and oxygen atoms in total. The van der Waals surface area contributed by atoms with Gasteiger partial charge < -0.3 is 10.4 Å². The van der Waals surface area contributed by atoms with E-state index >= 15 is 0 Å². The average molecular weight is 394 g/mol. The van der Waals surface area contributed by atoms with Crippen LogP contribution >= 0.6 is 0 Å². The summed E-state index contributed by atoms with van der Waals surface area (Å²) in [5.74, 6) is 0.653. The topological polar surface area (TPSA) is 72.9 Å². The minimum atomic E-state index is -3.13. The summed E-state index contributed by atoms with van der Waals surface area (Å²) >= 11 is 0. The highest BCUT2D eigenvalue weighted by Gasteiger charge is 2.51. The van der Waals surface area contributed by atoms with Crippen molar-refractivity contribution in [2.75, 3.05) is 39.0 Å². The number of hydrogen-bond acceptors (Lipinski definition) is 5. The van der Waals surface area contributed by atoms with Crippen molar-refractivity contribution >= 4 is 10.0 Å². The van der Waals surface area contributed by atoms with E-state index in [2.05, 4.69) is 40.5 Å². The molecule has 3 aliphatic rings. The molecular formula is C20H31N3O3S. The third-order valence-corrected chi connectivity index (χ3v) is 7.82. The lowest BCUT2D eigenvalue weighted by atomic mass is 9.84. The zero-order chi connectivity index (χ0) is 19.1. The maximum atomic E-state index is 11.8. The van der Waals surface area contributed by atoms with Crippen molar-refractivity contribution in [2.45, 2.75) is 49.2 Å². The second kappa shape index (κ2) is 7.44. The third kappa shape index (κ3) is 4.07. The number of sulfonamides is 1. The van der Waals surface area contributed by atoms with Gasteiger partial charge in [-0.15, -0.1) is 0 Å². The molecule has 0 aromatic heterocycles. The molecule has 0 unspecified atom stereocenters. The summed E-state index contributed by atoms with van der Waals surface area (Å²) in [5.41, 5.74) is 1.26. The number of aliphatic hydroxyl groups excluding tert-OH is 1. The van der Waals surface area contributed by atoms with Crippen LogP contribution in [-0.4, -0.2) is 79.4 Å². The van der Waals surface area contributed by atoms with Gasteiger partial charge in [-0.1, -0.05) is 30.3 Å². The second-order valence-electron chi connectivity index (χ2n) is 8.52. The van der Waals surface area contributed by atoms with Crippen LogP contribution in [0, 0.1) is 0 Å². The van der Waals surface area contributed by atoms with Crippen molar-refractivity contribution in [3.63, 3.8) is 0 Å². The van der Waals surface area contributed by atoms with Gasteiger partial charge in [0, 0.05) is 50.8 Å². The van der Waals surface area contributed by atoms with Crippen LogP contribution in [0.2, 0.25) is 0 Å². The van der Waals surface area contributed by atoms with Crippen LogP contribution in [0.3, 0.4) is 0 Å². The van der Waals surface area contributed by atoms with Gasteiger partial charge >= 0.3 is 0 Å². The lowest BCUT2D eigenvalue weighted by Crippen LogP contribution is -2.72. The zero-order valence-corrected chi connectivity index (χ0v) is 16.9. The number of rotatable bonds is 7. The molecule has 2 heterocycles. The van der Waals surface area contributed by atoms with E-state index < -0.39 is 10.0 Å². The monoisotopic (exact) mass is 393 g/mol. The Morgan fingerprint density at radius 2 is 1.85 bits per heavy atom. The molecule has 2 atom stereocenters. The molecule has 2 N–H and O–H groups in total. The van der Waals surface area contributed by atoms with E-state index in [1.54, 1.807) is 0 Å². The summed E-state index contributed by atoms with van der Waals surface area (Å²) in [6.45, 7) is 3.08. The van der Waals surface area contributed by atoms with E-state index in [0.29, 0.717) is 37.5 Å². The van der Waals surface area contributed by atoms with Crippen LogP contribution in [0.1, 0.15) is 37.2 Å². The second-order valence-corrected chi connectivity index (χ2v) is 10.5. The smallest absolute Gasteiger partial charge is 0.211 e. The highest BCUT2D eigenvalue weighted by atomic mass is 32.2. The average Bonchev–Trinajstić information content (AvgIpc) is 3.37. The molecule has 150 valence electrons. The van der Waals surface area contributed by atoms with Gasteiger partial charge in [-0.3, -0.25) is 4.90 Å². The number of likely N-dealkylation sites (tertiary alicyclic amines) is 1. The van der Waals surface area contributed by atoms with Crippen molar-refractivity contribution < 1.29 is 13.5 Å². The summed E-state index contributed by atoms with van der Waals surface area (Å²) in [5, 5.41) is 13.3. The van der Waals surface area contributed by atoms with Gasteiger partial charge in [-0.2, -0.15) is 4.31 Å². The van der Waals surface area contributed by atoms with Gasteiger partial charge in [0.05, 0.1) is 11.8 Å². The van der Waals surface area contributed by atoms with Gasteiger partial charge in [-0.25, -0.2) is 8.42 Å². The van der Waals surface area contributed by atoms with Gasteiger partial charge in [0.25, 0.3) is 0 Å². The first-order chi connectivity index (χ1) is 12.9. The standard InChI is InChI=1S/C20H31N3O3S/c1-27(25,26)23-14-20(15-23,9-12-24)22-10-7-17(8-11-22)21-19-13-18(19)16-5-3-2-4-6-16/h2-6,17-19,21,24H,7-15H2,1H3/t18-,19-/m1/s1. The largest absolute Gasteiger partial charge is 0.396 e. The third-order valence-electron chi connectivity index (χ3n) is 6.62. The summed E-state index contributed by atoms with van der Waals surface area (Å²) in [6, 6.07) is 11.9. The van der Waals surface area contributed by atoms with Gasteiger partial charge in [0.15, 0.2) is 0 Å².